The number of aromatic nitrogens is 3. The van der Waals surface area contributed by atoms with E-state index in [2.05, 4.69) is 20.5 Å². The number of carbonyl (C=O) groups is 1. The fourth-order valence-corrected chi connectivity index (χ4v) is 3.58. The van der Waals surface area contributed by atoms with Gasteiger partial charge in [0.1, 0.15) is 5.82 Å². The van der Waals surface area contributed by atoms with Crippen LogP contribution in [0.25, 0.3) is 0 Å². The highest BCUT2D eigenvalue weighted by Gasteiger charge is 2.27. The van der Waals surface area contributed by atoms with Crippen LogP contribution in [0.3, 0.4) is 0 Å². The van der Waals surface area contributed by atoms with E-state index in [1.807, 2.05) is 6.92 Å². The molecule has 2 heterocycles. The van der Waals surface area contributed by atoms with Crippen molar-refractivity contribution in [1.29, 1.82) is 0 Å². The molecule has 1 aliphatic carbocycles. The Morgan fingerprint density at radius 2 is 1.96 bits per heavy atom. The molecule has 1 aromatic heterocycles. The molecular weight excluding hydrogens is 308 g/mol. The molecule has 1 saturated heterocycles. The van der Waals surface area contributed by atoms with Crippen molar-refractivity contribution in [2.24, 2.45) is 5.92 Å². The van der Waals surface area contributed by atoms with Crippen LogP contribution in [0.4, 0.5) is 0 Å². The molecule has 2 aliphatic rings. The second-order valence-electron chi connectivity index (χ2n) is 6.76. The molecule has 0 spiro atoms. The van der Waals surface area contributed by atoms with Crippen molar-refractivity contribution in [3.8, 4) is 0 Å². The van der Waals surface area contributed by atoms with E-state index >= 15 is 0 Å². The number of aromatic amines is 1. The molecule has 0 radical (unpaired) electrons. The largest absolute Gasteiger partial charge is 0.381 e. The third-order valence-electron chi connectivity index (χ3n) is 5.13. The van der Waals surface area contributed by atoms with Gasteiger partial charge in [-0.2, -0.15) is 0 Å². The van der Waals surface area contributed by atoms with Gasteiger partial charge in [0.2, 0.25) is 5.91 Å². The van der Waals surface area contributed by atoms with Crippen molar-refractivity contribution in [2.75, 3.05) is 13.2 Å². The standard InChI is InChI=1S/C17H26N4O3/c1-2-13(18-16(22)12-5-3-4-6-12)14-17(23)19-15(21-20-14)11-7-9-24-10-8-11/h11-13H,2-10H2,1H3,(H,18,22)(H,19,21,23). The number of hydrogen-bond donors (Lipinski definition) is 2. The number of nitrogens with one attached hydrogen (secondary N) is 2. The Kier molecular flexibility index (Phi) is 5.60. The maximum absolute atomic E-state index is 12.4. The molecule has 1 amide bonds. The summed E-state index contributed by atoms with van der Waals surface area (Å²) in [6, 6.07) is -0.377. The van der Waals surface area contributed by atoms with Crippen molar-refractivity contribution in [2.45, 2.75) is 63.8 Å². The maximum Gasteiger partial charge on any atom is 0.275 e. The summed E-state index contributed by atoms with van der Waals surface area (Å²) in [5, 5.41) is 11.4. The van der Waals surface area contributed by atoms with Gasteiger partial charge in [0.25, 0.3) is 5.56 Å². The van der Waals surface area contributed by atoms with Crippen LogP contribution in [-0.4, -0.2) is 34.3 Å². The van der Waals surface area contributed by atoms with Crippen molar-refractivity contribution >= 4 is 5.91 Å². The van der Waals surface area contributed by atoms with E-state index in [9.17, 15) is 9.59 Å². The summed E-state index contributed by atoms with van der Waals surface area (Å²) in [5.74, 6) is 0.937. The molecule has 0 bridgehead atoms. The number of ether oxygens (including phenoxy) is 1. The molecule has 1 aliphatic heterocycles. The minimum Gasteiger partial charge on any atom is -0.381 e. The number of H-pyrrole nitrogens is 1. The van der Waals surface area contributed by atoms with Gasteiger partial charge < -0.3 is 15.0 Å². The van der Waals surface area contributed by atoms with E-state index in [1.165, 1.54) is 0 Å². The zero-order chi connectivity index (χ0) is 16.9. The summed E-state index contributed by atoms with van der Waals surface area (Å²) in [5.41, 5.74) is 0.0599. The molecule has 7 heteroatoms. The van der Waals surface area contributed by atoms with E-state index in [1.54, 1.807) is 0 Å². The predicted octanol–water partition coefficient (Wildman–Crippen LogP) is 1.82. The lowest BCUT2D eigenvalue weighted by atomic mass is 9.99. The summed E-state index contributed by atoms with van der Waals surface area (Å²) in [7, 11) is 0. The quantitative estimate of drug-likeness (QED) is 0.856. The van der Waals surface area contributed by atoms with Gasteiger partial charge in [0, 0.05) is 25.0 Å². The SMILES string of the molecule is CCC(NC(=O)C1CCCC1)c1nnc(C2CCOCC2)[nH]c1=O. The van der Waals surface area contributed by atoms with Crippen molar-refractivity contribution in [1.82, 2.24) is 20.5 Å². The van der Waals surface area contributed by atoms with Crippen LogP contribution < -0.4 is 10.9 Å². The number of nitrogens with zero attached hydrogens (tertiary/aromatic N) is 2. The van der Waals surface area contributed by atoms with Crippen LogP contribution in [0.15, 0.2) is 4.79 Å². The highest BCUT2D eigenvalue weighted by atomic mass is 16.5. The summed E-state index contributed by atoms with van der Waals surface area (Å²) in [6.45, 7) is 3.31. The first-order valence-corrected chi connectivity index (χ1v) is 9.04. The molecule has 0 aromatic carbocycles. The van der Waals surface area contributed by atoms with E-state index in [4.69, 9.17) is 4.74 Å². The first-order valence-electron chi connectivity index (χ1n) is 9.04. The molecule has 132 valence electrons. The third kappa shape index (κ3) is 3.83. The highest BCUT2D eigenvalue weighted by molar-refractivity contribution is 5.79. The van der Waals surface area contributed by atoms with Crippen LogP contribution >= 0.6 is 0 Å². The van der Waals surface area contributed by atoms with Crippen LogP contribution in [0.2, 0.25) is 0 Å². The zero-order valence-electron chi connectivity index (χ0n) is 14.2. The minimum atomic E-state index is -0.377. The highest BCUT2D eigenvalue weighted by Crippen LogP contribution is 2.26. The fourth-order valence-electron chi connectivity index (χ4n) is 3.58. The van der Waals surface area contributed by atoms with Gasteiger partial charge >= 0.3 is 0 Å². The van der Waals surface area contributed by atoms with Crippen molar-refractivity contribution in [3.05, 3.63) is 21.9 Å². The van der Waals surface area contributed by atoms with E-state index in [0.717, 1.165) is 38.5 Å². The van der Waals surface area contributed by atoms with Gasteiger partial charge in [-0.05, 0) is 32.1 Å². The Labute approximate surface area is 141 Å². The molecule has 2 fully saturated rings. The lowest BCUT2D eigenvalue weighted by Gasteiger charge is -2.21. The normalized spacial score (nSPS) is 20.9. The molecular formula is C17H26N4O3. The zero-order valence-corrected chi connectivity index (χ0v) is 14.2. The van der Waals surface area contributed by atoms with Gasteiger partial charge in [-0.3, -0.25) is 9.59 Å². The number of rotatable bonds is 5. The molecule has 1 aromatic rings. The molecule has 1 atom stereocenters. The Hall–Kier alpha value is -1.76. The van der Waals surface area contributed by atoms with E-state index < -0.39 is 0 Å². The average molecular weight is 334 g/mol. The molecule has 1 unspecified atom stereocenters. The molecule has 7 nitrogen and oxygen atoms in total. The molecule has 24 heavy (non-hydrogen) atoms. The lowest BCUT2D eigenvalue weighted by molar-refractivity contribution is -0.125. The Morgan fingerprint density at radius 1 is 1.25 bits per heavy atom. The Balaban J connectivity index is 1.71. The monoisotopic (exact) mass is 334 g/mol. The summed E-state index contributed by atoms with van der Waals surface area (Å²) >= 11 is 0. The Bertz CT molecular complexity index is 619. The fraction of sp³-hybridized carbons (Fsp3) is 0.765. The van der Waals surface area contributed by atoms with Gasteiger partial charge in [-0.25, -0.2) is 0 Å². The van der Waals surface area contributed by atoms with E-state index in [0.29, 0.717) is 31.2 Å². The maximum atomic E-state index is 12.4. The van der Waals surface area contributed by atoms with Gasteiger partial charge in [-0.1, -0.05) is 19.8 Å². The number of hydrogen-bond acceptors (Lipinski definition) is 5. The molecule has 3 rings (SSSR count). The first kappa shape index (κ1) is 17.1. The van der Waals surface area contributed by atoms with Gasteiger partial charge in [0.15, 0.2) is 5.69 Å². The van der Waals surface area contributed by atoms with Crippen molar-refractivity contribution < 1.29 is 9.53 Å². The van der Waals surface area contributed by atoms with Gasteiger partial charge in [0.05, 0.1) is 6.04 Å². The van der Waals surface area contributed by atoms with Crippen LogP contribution in [-0.2, 0) is 9.53 Å². The first-order chi connectivity index (χ1) is 11.7. The third-order valence-corrected chi connectivity index (χ3v) is 5.13. The number of carbonyl (C=O) groups excluding carboxylic acids is 1. The number of amides is 1. The summed E-state index contributed by atoms with van der Waals surface area (Å²) in [6.07, 6.45) is 6.40. The Morgan fingerprint density at radius 3 is 2.58 bits per heavy atom. The second kappa shape index (κ2) is 7.88. The topological polar surface area (TPSA) is 97.0 Å². The van der Waals surface area contributed by atoms with Crippen molar-refractivity contribution in [3.63, 3.8) is 0 Å². The van der Waals surface area contributed by atoms with Gasteiger partial charge in [-0.15, -0.1) is 10.2 Å². The predicted molar refractivity (Wildman–Crippen MR) is 88.6 cm³/mol. The van der Waals surface area contributed by atoms with E-state index in [-0.39, 0.29) is 29.3 Å². The minimum absolute atomic E-state index is 0.0362. The smallest absolute Gasteiger partial charge is 0.275 e. The molecule has 2 N–H and O–H groups in total. The van der Waals surface area contributed by atoms with Crippen LogP contribution in [0.5, 0.6) is 0 Å². The van der Waals surface area contributed by atoms with Crippen LogP contribution in [0, 0.1) is 5.92 Å². The second-order valence-corrected chi connectivity index (χ2v) is 6.76. The molecule has 1 saturated carbocycles. The summed E-state index contributed by atoms with van der Waals surface area (Å²) in [4.78, 5) is 27.6. The summed E-state index contributed by atoms with van der Waals surface area (Å²) < 4.78 is 5.34. The van der Waals surface area contributed by atoms with Crippen LogP contribution in [0.1, 0.15) is 75.3 Å². The average Bonchev–Trinajstić information content (AvgIpc) is 3.15. The lowest BCUT2D eigenvalue weighted by Crippen LogP contribution is -2.37.